The zero-order valence-electron chi connectivity index (χ0n) is 13.6. The zero-order valence-corrected chi connectivity index (χ0v) is 14.3. The fourth-order valence-electron chi connectivity index (χ4n) is 1.99. The van der Waals surface area contributed by atoms with E-state index in [4.69, 9.17) is 16.3 Å². The van der Waals surface area contributed by atoms with Crippen LogP contribution >= 0.6 is 11.6 Å². The van der Waals surface area contributed by atoms with Crippen LogP contribution in [0.5, 0.6) is 5.75 Å². The minimum Gasteiger partial charge on any atom is -0.489 e. The molecule has 1 rings (SSSR count). The minimum atomic E-state index is 0.141. The van der Waals surface area contributed by atoms with Gasteiger partial charge in [-0.05, 0) is 56.4 Å². The quantitative estimate of drug-likeness (QED) is 0.770. The summed E-state index contributed by atoms with van der Waals surface area (Å²) in [6, 6.07) is 4.61. The van der Waals surface area contributed by atoms with Crippen molar-refractivity contribution >= 4 is 11.6 Å². The normalized spacial score (nSPS) is 14.4. The van der Waals surface area contributed by atoms with Crippen molar-refractivity contribution in [1.29, 1.82) is 0 Å². The Morgan fingerprint density at radius 1 is 1.20 bits per heavy atom. The number of benzene rings is 1. The van der Waals surface area contributed by atoms with Gasteiger partial charge in [0.15, 0.2) is 0 Å². The fourth-order valence-corrected chi connectivity index (χ4v) is 2.17. The maximum Gasteiger partial charge on any atom is 0.123 e. The third-order valence-corrected chi connectivity index (χ3v) is 4.01. The van der Waals surface area contributed by atoms with Crippen LogP contribution in [-0.2, 0) is 0 Å². The minimum absolute atomic E-state index is 0.141. The molecule has 2 atom stereocenters. The van der Waals surface area contributed by atoms with Gasteiger partial charge in [-0.3, -0.25) is 0 Å². The van der Waals surface area contributed by atoms with Gasteiger partial charge in [0.25, 0.3) is 0 Å². The van der Waals surface area contributed by atoms with Crippen LogP contribution in [0, 0.1) is 6.92 Å². The second kappa shape index (κ2) is 7.90. The maximum absolute atomic E-state index is 6.22. The lowest BCUT2D eigenvalue weighted by atomic mass is 10.0. The number of rotatable bonds is 7. The van der Waals surface area contributed by atoms with Crippen LogP contribution < -0.4 is 10.1 Å². The van der Waals surface area contributed by atoms with Gasteiger partial charge in [-0.2, -0.15) is 0 Å². The third-order valence-electron chi connectivity index (χ3n) is 3.61. The second-order valence-corrected chi connectivity index (χ2v) is 6.35. The molecule has 0 aromatic heterocycles. The van der Waals surface area contributed by atoms with Gasteiger partial charge in [-0.15, -0.1) is 0 Å². The van der Waals surface area contributed by atoms with Gasteiger partial charge >= 0.3 is 0 Å². The number of hydrogen-bond acceptors (Lipinski definition) is 2. The fraction of sp³-hybridized carbons (Fsp3) is 0.647. The first kappa shape index (κ1) is 17.3. The van der Waals surface area contributed by atoms with Crippen molar-refractivity contribution < 1.29 is 4.74 Å². The molecule has 0 saturated heterocycles. The predicted molar refractivity (Wildman–Crippen MR) is 88.1 cm³/mol. The van der Waals surface area contributed by atoms with E-state index in [9.17, 15) is 0 Å². The molecule has 0 radical (unpaired) electrons. The van der Waals surface area contributed by atoms with Crippen molar-refractivity contribution in [2.24, 2.45) is 0 Å². The molecule has 0 heterocycles. The lowest BCUT2D eigenvalue weighted by Gasteiger charge is -2.22. The number of aryl methyl sites for hydroxylation is 1. The Bertz CT molecular complexity index is 431. The van der Waals surface area contributed by atoms with E-state index in [1.54, 1.807) is 0 Å². The molecule has 3 heteroatoms. The number of ether oxygens (including phenoxy) is 1. The van der Waals surface area contributed by atoms with Crippen LogP contribution in [0.1, 0.15) is 58.1 Å². The standard InChI is InChI=1S/C17H28ClNO/c1-7-13(5)19-10-14(6)20-17-8-12(4)16(18)9-15(17)11(2)3/h8-9,11,13-14,19H,7,10H2,1-6H3. The van der Waals surface area contributed by atoms with E-state index in [2.05, 4.69) is 46.0 Å². The molecule has 2 unspecified atom stereocenters. The van der Waals surface area contributed by atoms with Crippen LogP contribution in [-0.4, -0.2) is 18.7 Å². The molecule has 0 aliphatic rings. The first-order chi connectivity index (χ1) is 9.35. The first-order valence-electron chi connectivity index (χ1n) is 7.55. The van der Waals surface area contributed by atoms with E-state index < -0.39 is 0 Å². The smallest absolute Gasteiger partial charge is 0.123 e. The third kappa shape index (κ3) is 4.99. The van der Waals surface area contributed by atoms with Crippen molar-refractivity contribution in [2.75, 3.05) is 6.54 Å². The molecule has 1 aromatic carbocycles. The SMILES string of the molecule is CCC(C)NCC(C)Oc1cc(C)c(Cl)cc1C(C)C. The van der Waals surface area contributed by atoms with E-state index in [-0.39, 0.29) is 6.10 Å². The highest BCUT2D eigenvalue weighted by molar-refractivity contribution is 6.31. The van der Waals surface area contributed by atoms with Crippen LogP contribution in [0.2, 0.25) is 5.02 Å². The van der Waals surface area contributed by atoms with E-state index in [1.807, 2.05) is 13.0 Å². The Morgan fingerprint density at radius 3 is 2.40 bits per heavy atom. The number of halogens is 1. The summed E-state index contributed by atoms with van der Waals surface area (Å²) in [6.07, 6.45) is 1.27. The van der Waals surface area contributed by atoms with Gasteiger partial charge in [0.2, 0.25) is 0 Å². The molecule has 114 valence electrons. The highest BCUT2D eigenvalue weighted by atomic mass is 35.5. The molecule has 2 nitrogen and oxygen atoms in total. The summed E-state index contributed by atoms with van der Waals surface area (Å²) < 4.78 is 6.12. The average molecular weight is 298 g/mol. The van der Waals surface area contributed by atoms with E-state index in [0.717, 1.165) is 29.3 Å². The lowest BCUT2D eigenvalue weighted by molar-refractivity contribution is 0.209. The van der Waals surface area contributed by atoms with Crippen molar-refractivity contribution in [1.82, 2.24) is 5.32 Å². The molecule has 20 heavy (non-hydrogen) atoms. The zero-order chi connectivity index (χ0) is 15.3. The molecule has 0 aliphatic heterocycles. The van der Waals surface area contributed by atoms with Gasteiger partial charge in [0.05, 0.1) is 0 Å². The molecule has 0 aliphatic carbocycles. The van der Waals surface area contributed by atoms with Gasteiger partial charge in [-0.1, -0.05) is 32.4 Å². The Kier molecular flexibility index (Phi) is 6.84. The van der Waals surface area contributed by atoms with Crippen molar-refractivity contribution in [3.8, 4) is 5.75 Å². The Hall–Kier alpha value is -0.730. The summed E-state index contributed by atoms with van der Waals surface area (Å²) in [6.45, 7) is 13.7. The van der Waals surface area contributed by atoms with Crippen LogP contribution in [0.15, 0.2) is 12.1 Å². The van der Waals surface area contributed by atoms with Crippen LogP contribution in [0.25, 0.3) is 0 Å². The van der Waals surface area contributed by atoms with E-state index in [1.165, 1.54) is 5.56 Å². The van der Waals surface area contributed by atoms with Gasteiger partial charge in [0, 0.05) is 17.6 Å². The summed E-state index contributed by atoms with van der Waals surface area (Å²) in [5.41, 5.74) is 2.24. The molecule has 0 amide bonds. The van der Waals surface area contributed by atoms with Crippen molar-refractivity contribution in [2.45, 2.75) is 66.0 Å². The molecular weight excluding hydrogens is 270 g/mol. The molecule has 0 fully saturated rings. The molecule has 0 spiro atoms. The highest BCUT2D eigenvalue weighted by Gasteiger charge is 2.14. The average Bonchev–Trinajstić information content (AvgIpc) is 2.39. The number of nitrogens with one attached hydrogen (secondary N) is 1. The molecule has 1 N–H and O–H groups in total. The second-order valence-electron chi connectivity index (χ2n) is 5.94. The topological polar surface area (TPSA) is 21.3 Å². The Labute approximate surface area is 128 Å². The highest BCUT2D eigenvalue weighted by Crippen LogP contribution is 2.32. The molecular formula is C17H28ClNO. The van der Waals surface area contributed by atoms with Gasteiger partial charge < -0.3 is 10.1 Å². The molecule has 0 saturated carbocycles. The Morgan fingerprint density at radius 2 is 1.85 bits per heavy atom. The van der Waals surface area contributed by atoms with Crippen molar-refractivity contribution in [3.63, 3.8) is 0 Å². The van der Waals surface area contributed by atoms with Crippen LogP contribution in [0.3, 0.4) is 0 Å². The largest absolute Gasteiger partial charge is 0.489 e. The van der Waals surface area contributed by atoms with E-state index in [0.29, 0.717) is 12.0 Å². The summed E-state index contributed by atoms with van der Waals surface area (Å²) in [7, 11) is 0. The lowest BCUT2D eigenvalue weighted by Crippen LogP contribution is -2.34. The molecule has 0 bridgehead atoms. The summed E-state index contributed by atoms with van der Waals surface area (Å²) in [5, 5.41) is 4.29. The van der Waals surface area contributed by atoms with Crippen LogP contribution in [0.4, 0.5) is 0 Å². The molecule has 1 aromatic rings. The summed E-state index contributed by atoms with van der Waals surface area (Å²) in [5.74, 6) is 1.36. The monoisotopic (exact) mass is 297 g/mol. The summed E-state index contributed by atoms with van der Waals surface area (Å²) in [4.78, 5) is 0. The van der Waals surface area contributed by atoms with Crippen molar-refractivity contribution in [3.05, 3.63) is 28.3 Å². The predicted octanol–water partition coefficient (Wildman–Crippen LogP) is 4.93. The maximum atomic E-state index is 6.22. The Balaban J connectivity index is 2.78. The summed E-state index contributed by atoms with van der Waals surface area (Å²) >= 11 is 6.22. The van der Waals surface area contributed by atoms with Gasteiger partial charge in [0.1, 0.15) is 11.9 Å². The van der Waals surface area contributed by atoms with E-state index >= 15 is 0 Å². The van der Waals surface area contributed by atoms with Gasteiger partial charge in [-0.25, -0.2) is 0 Å². The first-order valence-corrected chi connectivity index (χ1v) is 7.93. The number of hydrogen-bond donors (Lipinski definition) is 1.